The third kappa shape index (κ3) is 1.65. The summed E-state index contributed by atoms with van der Waals surface area (Å²) in [6.45, 7) is 5.46. The van der Waals surface area contributed by atoms with E-state index in [-0.39, 0.29) is 0 Å². The summed E-state index contributed by atoms with van der Waals surface area (Å²) in [5.41, 5.74) is 0.827. The fraction of sp³-hybridized carbons (Fsp3) is 0.143. The second kappa shape index (κ2) is 3.30. The van der Waals surface area contributed by atoms with E-state index in [4.69, 9.17) is 12.2 Å². The maximum Gasteiger partial charge on any atom is 0.176 e. The van der Waals surface area contributed by atoms with Gasteiger partial charge in [-0.05, 0) is 25.2 Å². The number of rotatable bonds is 2. The lowest BCUT2D eigenvalue weighted by Gasteiger charge is -1.86. The molecule has 0 aliphatic rings. The Balaban J connectivity index is 3.22. The van der Waals surface area contributed by atoms with Crippen LogP contribution in [-0.2, 0) is 0 Å². The molecule has 4 heteroatoms. The largest absolute Gasteiger partial charge is 0.329 e. The molecule has 0 aliphatic heterocycles. The molecule has 0 saturated heterocycles. The average Bonchev–Trinajstić information content (AvgIpc) is 2.32. The lowest BCUT2D eigenvalue weighted by atomic mass is 10.4. The van der Waals surface area contributed by atoms with Gasteiger partial charge in [0.05, 0.1) is 5.69 Å². The quantitative estimate of drug-likeness (QED) is 0.515. The Morgan fingerprint density at radius 1 is 1.55 bits per heavy atom. The molecular weight excluding hydrogens is 158 g/mol. The Kier molecular flexibility index (Phi) is 2.38. The normalized spacial score (nSPS) is 10.6. The minimum atomic E-state index is 0.570. The van der Waals surface area contributed by atoms with Crippen molar-refractivity contribution in [2.45, 2.75) is 6.92 Å². The van der Waals surface area contributed by atoms with Crippen LogP contribution in [0.3, 0.4) is 0 Å². The predicted molar refractivity (Wildman–Crippen MR) is 49.9 cm³/mol. The van der Waals surface area contributed by atoms with Gasteiger partial charge in [-0.2, -0.15) is 0 Å². The predicted octanol–water partition coefficient (Wildman–Crippen LogP) is 2.44. The van der Waals surface area contributed by atoms with Crippen LogP contribution in [-0.4, -0.2) is 16.2 Å². The maximum atomic E-state index is 4.87. The van der Waals surface area contributed by atoms with Gasteiger partial charge in [0.25, 0.3) is 0 Å². The Hall–Kier alpha value is -1.16. The number of hydrogen-bond donors (Lipinski definition) is 2. The molecule has 58 valence electrons. The van der Waals surface area contributed by atoms with E-state index >= 15 is 0 Å². The van der Waals surface area contributed by atoms with Gasteiger partial charge in [-0.25, -0.2) is 4.99 Å². The van der Waals surface area contributed by atoms with E-state index in [1.165, 1.54) is 0 Å². The third-order valence-corrected chi connectivity index (χ3v) is 1.40. The highest BCUT2D eigenvalue weighted by atomic mass is 32.1. The van der Waals surface area contributed by atoms with Gasteiger partial charge in [0.1, 0.15) is 0 Å². The number of hydrogen-bond acceptors (Lipinski definition) is 2. The van der Waals surface area contributed by atoms with E-state index in [1.807, 2.05) is 6.92 Å². The first kappa shape index (κ1) is 7.94. The molecule has 0 radical (unpaired) electrons. The van der Waals surface area contributed by atoms with Crippen LogP contribution >= 0.6 is 12.2 Å². The van der Waals surface area contributed by atoms with Gasteiger partial charge >= 0.3 is 0 Å². The van der Waals surface area contributed by atoms with Crippen molar-refractivity contribution in [3.63, 3.8) is 0 Å². The van der Waals surface area contributed by atoms with Gasteiger partial charge in [0, 0.05) is 6.21 Å². The second-order valence-electron chi connectivity index (χ2n) is 1.93. The van der Waals surface area contributed by atoms with E-state index in [1.54, 1.807) is 12.3 Å². The van der Waals surface area contributed by atoms with Crippen molar-refractivity contribution in [1.82, 2.24) is 9.97 Å². The highest BCUT2D eigenvalue weighted by Gasteiger charge is 1.97. The van der Waals surface area contributed by atoms with Crippen molar-refractivity contribution in [2.24, 2.45) is 4.99 Å². The summed E-state index contributed by atoms with van der Waals surface area (Å²) in [7, 11) is 0. The summed E-state index contributed by atoms with van der Waals surface area (Å²) in [5.74, 6) is 0.729. The van der Waals surface area contributed by atoms with E-state index in [0.29, 0.717) is 4.77 Å². The van der Waals surface area contributed by atoms with Crippen molar-refractivity contribution in [2.75, 3.05) is 0 Å². The molecule has 1 rings (SSSR count). The lowest BCUT2D eigenvalue weighted by molar-refractivity contribution is 1.26. The van der Waals surface area contributed by atoms with Crippen LogP contribution in [0.1, 0.15) is 12.6 Å². The number of aliphatic imine (C=N–C) groups is 1. The number of aromatic amines is 2. The van der Waals surface area contributed by atoms with Gasteiger partial charge in [-0.3, -0.25) is 0 Å². The zero-order valence-electron chi connectivity index (χ0n) is 6.22. The highest BCUT2D eigenvalue weighted by Crippen LogP contribution is 2.14. The van der Waals surface area contributed by atoms with Crippen LogP contribution in [0.2, 0.25) is 0 Å². The standard InChI is InChI=1S/C7H9N3S/c1-3-5-6(8-4-2)10-7(11)9-5/h3-4H,1H2,2H3,(H2,9,10,11). The van der Waals surface area contributed by atoms with Crippen LogP contribution in [0.5, 0.6) is 0 Å². The van der Waals surface area contributed by atoms with Crippen molar-refractivity contribution >= 4 is 30.3 Å². The molecular formula is C7H9N3S. The molecule has 1 aromatic rings. The van der Waals surface area contributed by atoms with Gasteiger partial charge in [0.15, 0.2) is 10.6 Å². The average molecular weight is 167 g/mol. The molecule has 0 spiro atoms. The summed E-state index contributed by atoms with van der Waals surface area (Å²) in [4.78, 5) is 9.84. The van der Waals surface area contributed by atoms with Crippen LogP contribution < -0.4 is 0 Å². The highest BCUT2D eigenvalue weighted by molar-refractivity contribution is 7.71. The van der Waals surface area contributed by atoms with Crippen molar-refractivity contribution in [1.29, 1.82) is 0 Å². The topological polar surface area (TPSA) is 43.9 Å². The minimum Gasteiger partial charge on any atom is -0.329 e. The summed E-state index contributed by atoms with van der Waals surface area (Å²) in [5, 5.41) is 0. The number of nitrogens with zero attached hydrogens (tertiary/aromatic N) is 1. The molecule has 0 aromatic carbocycles. The maximum absolute atomic E-state index is 4.87. The Morgan fingerprint density at radius 3 is 2.82 bits per heavy atom. The molecule has 0 fully saturated rings. The van der Waals surface area contributed by atoms with Gasteiger partial charge < -0.3 is 9.97 Å². The fourth-order valence-electron chi connectivity index (χ4n) is 0.766. The van der Waals surface area contributed by atoms with Gasteiger partial charge in [0.2, 0.25) is 0 Å². The van der Waals surface area contributed by atoms with E-state index in [9.17, 15) is 0 Å². The number of H-pyrrole nitrogens is 2. The van der Waals surface area contributed by atoms with Crippen LogP contribution in [0.25, 0.3) is 6.08 Å². The van der Waals surface area contributed by atoms with E-state index in [0.717, 1.165) is 11.5 Å². The number of imidazole rings is 1. The Bertz CT molecular complexity index is 332. The summed E-state index contributed by atoms with van der Waals surface area (Å²) >= 11 is 4.87. The molecule has 1 heterocycles. The fourth-order valence-corrected chi connectivity index (χ4v) is 0.973. The SMILES string of the molecule is C=Cc1[nH]c(=S)[nH]c1N=CC. The van der Waals surface area contributed by atoms with Crippen molar-refractivity contribution in [3.05, 3.63) is 17.0 Å². The van der Waals surface area contributed by atoms with Crippen LogP contribution in [0, 0.1) is 4.77 Å². The summed E-state index contributed by atoms with van der Waals surface area (Å²) in [6, 6.07) is 0. The van der Waals surface area contributed by atoms with Gasteiger partial charge in [-0.15, -0.1) is 0 Å². The Labute approximate surface area is 69.9 Å². The molecule has 0 unspecified atom stereocenters. The first-order chi connectivity index (χ1) is 5.27. The third-order valence-electron chi connectivity index (χ3n) is 1.20. The van der Waals surface area contributed by atoms with E-state index in [2.05, 4.69) is 21.5 Å². The minimum absolute atomic E-state index is 0.570. The molecule has 0 bridgehead atoms. The molecule has 0 aliphatic carbocycles. The monoisotopic (exact) mass is 167 g/mol. The summed E-state index contributed by atoms with van der Waals surface area (Å²) < 4.78 is 0.570. The Morgan fingerprint density at radius 2 is 2.27 bits per heavy atom. The van der Waals surface area contributed by atoms with Crippen LogP contribution in [0.4, 0.5) is 5.82 Å². The molecule has 2 N–H and O–H groups in total. The molecule has 11 heavy (non-hydrogen) atoms. The molecule has 0 saturated carbocycles. The number of nitrogens with one attached hydrogen (secondary N) is 2. The van der Waals surface area contributed by atoms with Crippen LogP contribution in [0.15, 0.2) is 11.6 Å². The molecule has 3 nitrogen and oxygen atoms in total. The lowest BCUT2D eigenvalue weighted by Crippen LogP contribution is -1.69. The molecule has 1 aromatic heterocycles. The van der Waals surface area contributed by atoms with Crippen molar-refractivity contribution in [3.8, 4) is 0 Å². The summed E-state index contributed by atoms with van der Waals surface area (Å²) in [6.07, 6.45) is 3.37. The zero-order valence-corrected chi connectivity index (χ0v) is 7.03. The van der Waals surface area contributed by atoms with Crippen molar-refractivity contribution < 1.29 is 0 Å². The zero-order chi connectivity index (χ0) is 8.27. The first-order valence-electron chi connectivity index (χ1n) is 3.21. The van der Waals surface area contributed by atoms with E-state index < -0.39 is 0 Å². The van der Waals surface area contributed by atoms with Gasteiger partial charge in [-0.1, -0.05) is 6.58 Å². The first-order valence-corrected chi connectivity index (χ1v) is 3.62. The second-order valence-corrected chi connectivity index (χ2v) is 2.34. The molecule has 0 amide bonds. The molecule has 0 atom stereocenters. The smallest absolute Gasteiger partial charge is 0.176 e. The number of aromatic nitrogens is 2.